The predicted octanol–water partition coefficient (Wildman–Crippen LogP) is 2.10. The van der Waals surface area contributed by atoms with Crippen molar-refractivity contribution in [1.29, 1.82) is 0 Å². The first-order valence-electron chi connectivity index (χ1n) is 5.91. The first-order chi connectivity index (χ1) is 7.76. The van der Waals surface area contributed by atoms with Crippen LogP contribution in [0.4, 0.5) is 5.82 Å². The molecule has 1 atom stereocenters. The normalized spacial score (nSPS) is 16.7. The number of nitrogens with one attached hydrogen (secondary N) is 1. The van der Waals surface area contributed by atoms with Gasteiger partial charge in [0.15, 0.2) is 0 Å². The van der Waals surface area contributed by atoms with E-state index >= 15 is 0 Å². The molecule has 0 saturated carbocycles. The highest BCUT2D eigenvalue weighted by atomic mass is 16.5. The van der Waals surface area contributed by atoms with Crippen LogP contribution < -0.4 is 5.32 Å². The van der Waals surface area contributed by atoms with E-state index in [1.807, 2.05) is 7.05 Å². The summed E-state index contributed by atoms with van der Waals surface area (Å²) in [5, 5.41) is 3.14. The van der Waals surface area contributed by atoms with Crippen LogP contribution in [0.3, 0.4) is 0 Å². The summed E-state index contributed by atoms with van der Waals surface area (Å²) in [4.78, 5) is 9.23. The lowest BCUT2D eigenvalue weighted by Crippen LogP contribution is -2.17. The van der Waals surface area contributed by atoms with Gasteiger partial charge in [-0.3, -0.25) is 0 Å². The van der Waals surface area contributed by atoms with Crippen molar-refractivity contribution in [2.24, 2.45) is 0 Å². The molecule has 4 heteroatoms. The lowest BCUT2D eigenvalue weighted by molar-refractivity contribution is 0.109. The van der Waals surface area contributed by atoms with Crippen LogP contribution in [0.15, 0.2) is 0 Å². The zero-order chi connectivity index (χ0) is 11.5. The van der Waals surface area contributed by atoms with Crippen LogP contribution in [0.5, 0.6) is 0 Å². The molecule has 1 aliphatic heterocycles. The van der Waals surface area contributed by atoms with Crippen molar-refractivity contribution in [3.8, 4) is 0 Å². The number of ether oxygens (including phenoxy) is 1. The molecule has 1 aromatic rings. The van der Waals surface area contributed by atoms with E-state index in [0.29, 0.717) is 12.5 Å². The molecule has 0 fully saturated rings. The average Bonchev–Trinajstić information content (AvgIpc) is 2.36. The van der Waals surface area contributed by atoms with E-state index in [0.717, 1.165) is 42.3 Å². The molecule has 0 spiro atoms. The van der Waals surface area contributed by atoms with Gasteiger partial charge in [-0.25, -0.2) is 9.97 Å². The SMILES string of the molecule is CCC(C)c1nc2c(c(NC)n1)COCC2. The Morgan fingerprint density at radius 2 is 2.25 bits per heavy atom. The third-order valence-corrected chi connectivity index (χ3v) is 3.13. The number of hydrogen-bond donors (Lipinski definition) is 1. The minimum absolute atomic E-state index is 0.417. The number of anilines is 1. The standard InChI is InChI=1S/C12H19N3O/c1-4-8(2)11-14-10-5-6-16-7-9(10)12(13-3)15-11/h8H,4-7H2,1-3H3,(H,13,14,15). The van der Waals surface area contributed by atoms with Gasteiger partial charge in [0, 0.05) is 24.9 Å². The first kappa shape index (κ1) is 11.3. The molecule has 4 nitrogen and oxygen atoms in total. The Kier molecular flexibility index (Phi) is 3.39. The molecule has 16 heavy (non-hydrogen) atoms. The summed E-state index contributed by atoms with van der Waals surface area (Å²) in [5.41, 5.74) is 2.28. The fraction of sp³-hybridized carbons (Fsp3) is 0.667. The molecule has 1 unspecified atom stereocenters. The quantitative estimate of drug-likeness (QED) is 0.849. The molecule has 0 saturated heterocycles. The van der Waals surface area contributed by atoms with Crippen molar-refractivity contribution in [2.75, 3.05) is 19.0 Å². The van der Waals surface area contributed by atoms with Gasteiger partial charge in [-0.05, 0) is 6.42 Å². The van der Waals surface area contributed by atoms with Crippen LogP contribution >= 0.6 is 0 Å². The van der Waals surface area contributed by atoms with Crippen molar-refractivity contribution in [3.63, 3.8) is 0 Å². The molecule has 0 bridgehead atoms. The van der Waals surface area contributed by atoms with E-state index in [2.05, 4.69) is 29.1 Å². The number of fused-ring (bicyclic) bond motifs is 1. The Hall–Kier alpha value is -1.16. The molecule has 0 radical (unpaired) electrons. The summed E-state index contributed by atoms with van der Waals surface area (Å²) >= 11 is 0. The van der Waals surface area contributed by atoms with Gasteiger partial charge >= 0.3 is 0 Å². The summed E-state index contributed by atoms with van der Waals surface area (Å²) in [5.74, 6) is 2.30. The van der Waals surface area contributed by atoms with Gasteiger partial charge in [-0.15, -0.1) is 0 Å². The largest absolute Gasteiger partial charge is 0.376 e. The zero-order valence-electron chi connectivity index (χ0n) is 10.2. The second-order valence-corrected chi connectivity index (χ2v) is 4.22. The summed E-state index contributed by atoms with van der Waals surface area (Å²) < 4.78 is 5.45. The van der Waals surface area contributed by atoms with E-state index in [-0.39, 0.29) is 0 Å². The predicted molar refractivity (Wildman–Crippen MR) is 63.6 cm³/mol. The third-order valence-electron chi connectivity index (χ3n) is 3.13. The molecule has 0 aromatic carbocycles. The monoisotopic (exact) mass is 221 g/mol. The van der Waals surface area contributed by atoms with E-state index in [1.165, 1.54) is 0 Å². The Bertz CT molecular complexity index is 362. The Morgan fingerprint density at radius 1 is 1.44 bits per heavy atom. The molecule has 1 aromatic heterocycles. The van der Waals surface area contributed by atoms with Gasteiger partial charge in [0.2, 0.25) is 0 Å². The van der Waals surface area contributed by atoms with Crippen LogP contribution in [-0.4, -0.2) is 23.6 Å². The highest BCUT2D eigenvalue weighted by molar-refractivity contribution is 5.46. The molecule has 0 amide bonds. The minimum Gasteiger partial charge on any atom is -0.376 e. The topological polar surface area (TPSA) is 47.0 Å². The van der Waals surface area contributed by atoms with Crippen LogP contribution in [0, 0.1) is 0 Å². The number of rotatable bonds is 3. The van der Waals surface area contributed by atoms with Crippen LogP contribution in [-0.2, 0) is 17.8 Å². The first-order valence-corrected chi connectivity index (χ1v) is 5.91. The zero-order valence-corrected chi connectivity index (χ0v) is 10.2. The van der Waals surface area contributed by atoms with Crippen molar-refractivity contribution < 1.29 is 4.74 Å². The van der Waals surface area contributed by atoms with E-state index in [4.69, 9.17) is 4.74 Å². The molecule has 2 heterocycles. The third kappa shape index (κ3) is 2.02. The summed E-state index contributed by atoms with van der Waals surface area (Å²) in [6.07, 6.45) is 1.97. The summed E-state index contributed by atoms with van der Waals surface area (Å²) in [6.45, 7) is 5.73. The molecule has 1 N–H and O–H groups in total. The van der Waals surface area contributed by atoms with E-state index in [9.17, 15) is 0 Å². The van der Waals surface area contributed by atoms with Crippen LogP contribution in [0.1, 0.15) is 43.3 Å². The lowest BCUT2D eigenvalue weighted by atomic mass is 10.1. The smallest absolute Gasteiger partial charge is 0.135 e. The second-order valence-electron chi connectivity index (χ2n) is 4.22. The fourth-order valence-corrected chi connectivity index (χ4v) is 1.86. The summed E-state index contributed by atoms with van der Waals surface area (Å²) in [6, 6.07) is 0. The van der Waals surface area contributed by atoms with Crippen molar-refractivity contribution in [2.45, 2.75) is 39.2 Å². The van der Waals surface area contributed by atoms with Crippen molar-refractivity contribution >= 4 is 5.82 Å². The molecule has 2 rings (SSSR count). The van der Waals surface area contributed by atoms with Crippen LogP contribution in [0.25, 0.3) is 0 Å². The number of nitrogens with zero attached hydrogens (tertiary/aromatic N) is 2. The van der Waals surface area contributed by atoms with Crippen LogP contribution in [0.2, 0.25) is 0 Å². The molecule has 0 aliphatic carbocycles. The fourth-order valence-electron chi connectivity index (χ4n) is 1.86. The maximum absolute atomic E-state index is 5.45. The Balaban J connectivity index is 2.43. The average molecular weight is 221 g/mol. The van der Waals surface area contributed by atoms with E-state index in [1.54, 1.807) is 0 Å². The van der Waals surface area contributed by atoms with Gasteiger partial charge in [0.05, 0.1) is 18.9 Å². The number of aromatic nitrogens is 2. The molecular formula is C12H19N3O. The van der Waals surface area contributed by atoms with Gasteiger partial charge in [-0.2, -0.15) is 0 Å². The summed E-state index contributed by atoms with van der Waals surface area (Å²) in [7, 11) is 1.90. The van der Waals surface area contributed by atoms with Crippen molar-refractivity contribution in [1.82, 2.24) is 9.97 Å². The Labute approximate surface area is 96.4 Å². The number of hydrogen-bond acceptors (Lipinski definition) is 4. The molecule has 1 aliphatic rings. The van der Waals surface area contributed by atoms with E-state index < -0.39 is 0 Å². The highest BCUT2D eigenvalue weighted by Crippen LogP contribution is 2.25. The minimum atomic E-state index is 0.417. The molecular weight excluding hydrogens is 202 g/mol. The molecule has 88 valence electrons. The second kappa shape index (κ2) is 4.78. The highest BCUT2D eigenvalue weighted by Gasteiger charge is 2.19. The van der Waals surface area contributed by atoms with Gasteiger partial charge in [-0.1, -0.05) is 13.8 Å². The maximum atomic E-state index is 5.45. The van der Waals surface area contributed by atoms with Crippen molar-refractivity contribution in [3.05, 3.63) is 17.1 Å². The van der Waals surface area contributed by atoms with Gasteiger partial charge in [0.1, 0.15) is 11.6 Å². The Morgan fingerprint density at radius 3 is 2.94 bits per heavy atom. The van der Waals surface area contributed by atoms with Gasteiger partial charge < -0.3 is 10.1 Å². The maximum Gasteiger partial charge on any atom is 0.135 e. The lowest BCUT2D eigenvalue weighted by Gasteiger charge is -2.20. The van der Waals surface area contributed by atoms with Gasteiger partial charge in [0.25, 0.3) is 0 Å².